The number of thioether (sulfide) groups is 1. The molecular formula is C9H15NO5S. The van der Waals surface area contributed by atoms with Gasteiger partial charge in [-0.05, 0) is 0 Å². The van der Waals surface area contributed by atoms with Crippen molar-refractivity contribution in [3.63, 3.8) is 0 Å². The molecule has 2 unspecified atom stereocenters. The Hall–Kier alpha value is -1.24. The van der Waals surface area contributed by atoms with Gasteiger partial charge in [-0.1, -0.05) is 6.92 Å². The van der Waals surface area contributed by atoms with Crippen LogP contribution in [0.3, 0.4) is 0 Å². The molecular weight excluding hydrogens is 234 g/mol. The predicted octanol–water partition coefficient (Wildman–Crippen LogP) is 0.172. The summed E-state index contributed by atoms with van der Waals surface area (Å²) in [5.74, 6) is -3.92. The van der Waals surface area contributed by atoms with Crippen molar-refractivity contribution in [2.24, 2.45) is 0 Å². The second kappa shape index (κ2) is 7.10. The molecule has 0 fully saturated rings. The minimum Gasteiger partial charge on any atom is -0.481 e. The summed E-state index contributed by atoms with van der Waals surface area (Å²) < 4.78 is 22.6. The van der Waals surface area contributed by atoms with E-state index in [1.807, 2.05) is 0 Å². The monoisotopic (exact) mass is 252 g/mol. The lowest BCUT2D eigenvalue weighted by Gasteiger charge is -2.15. The number of rotatable bonds is 7. The third kappa shape index (κ3) is 7.10. The van der Waals surface area contributed by atoms with Crippen molar-refractivity contribution in [3.05, 3.63) is 0 Å². The van der Waals surface area contributed by atoms with Gasteiger partial charge in [0.05, 0.1) is 7.79 Å². The number of hydrogen-bond donors (Lipinski definition) is 3. The Labute approximate surface area is 102 Å². The van der Waals surface area contributed by atoms with Gasteiger partial charge >= 0.3 is 11.9 Å². The molecule has 6 nitrogen and oxygen atoms in total. The van der Waals surface area contributed by atoms with Gasteiger partial charge in [0.25, 0.3) is 0 Å². The highest BCUT2D eigenvalue weighted by atomic mass is 32.2. The van der Waals surface area contributed by atoms with Crippen LogP contribution in [0.4, 0.5) is 0 Å². The average Bonchev–Trinajstić information content (AvgIpc) is 2.24. The van der Waals surface area contributed by atoms with Crippen molar-refractivity contribution in [2.75, 3.05) is 5.73 Å². The Morgan fingerprint density at radius 2 is 2.12 bits per heavy atom. The molecule has 0 rings (SSSR count). The van der Waals surface area contributed by atoms with Gasteiger partial charge < -0.3 is 15.5 Å². The summed E-state index contributed by atoms with van der Waals surface area (Å²) in [6, 6.07) is -2.79. The summed E-state index contributed by atoms with van der Waals surface area (Å²) in [6.07, 6.45) is -0.312. The fraction of sp³-hybridized carbons (Fsp3) is 0.667. The first-order valence-corrected chi connectivity index (χ1v) is 5.30. The van der Waals surface area contributed by atoms with Crippen LogP contribution in [0.25, 0.3) is 0 Å². The predicted molar refractivity (Wildman–Crippen MR) is 59.4 cm³/mol. The Bertz CT molecular complexity index is 383. The van der Waals surface area contributed by atoms with Gasteiger partial charge in [-0.2, -0.15) is 11.8 Å². The third-order valence-corrected chi connectivity index (χ3v) is 2.36. The van der Waals surface area contributed by atoms with E-state index in [-0.39, 0.29) is 11.7 Å². The molecule has 0 saturated heterocycles. The molecule has 3 N–H and O–H groups in total. The Kier molecular flexibility index (Phi) is 4.42. The van der Waals surface area contributed by atoms with Gasteiger partial charge in [0, 0.05) is 19.3 Å². The summed E-state index contributed by atoms with van der Waals surface area (Å²) in [7, 11) is 0. The number of nitrogens with one attached hydrogen (secondary N) is 1. The first-order valence-electron chi connectivity index (χ1n) is 5.88. The lowest BCUT2D eigenvalue weighted by Crippen LogP contribution is -2.41. The standard InChI is InChI=1S/C9H15NO5S/c1-5(3-8(12)13)16-4-7(9(14)15)10-6(2)11/h5,7H,3-4H2,1-2H3,(H,10,11)(H,12,13)(H,14,15)/t5?,7-/m0/s1/i4D,7D/hD/t4?,5?,7-. The largest absolute Gasteiger partial charge is 0.481 e. The van der Waals surface area contributed by atoms with Gasteiger partial charge in [0.2, 0.25) is 5.91 Å². The number of aliphatic carboxylic acids is 2. The molecule has 16 heavy (non-hydrogen) atoms. The van der Waals surface area contributed by atoms with Crippen LogP contribution in [-0.4, -0.2) is 45.1 Å². The van der Waals surface area contributed by atoms with Crippen LogP contribution < -0.4 is 5.31 Å². The van der Waals surface area contributed by atoms with Gasteiger partial charge in [-0.3, -0.25) is 9.59 Å². The van der Waals surface area contributed by atoms with Crippen LogP contribution in [0.2, 0.25) is 1.41 Å². The fourth-order valence-electron chi connectivity index (χ4n) is 0.769. The second-order valence-electron chi connectivity index (χ2n) is 2.98. The van der Waals surface area contributed by atoms with Crippen LogP contribution >= 0.6 is 11.8 Å². The number of carbonyl (C=O) groups is 3. The van der Waals surface area contributed by atoms with Crippen LogP contribution in [0.1, 0.15) is 23.0 Å². The third-order valence-electron chi connectivity index (χ3n) is 1.37. The number of hydrogen-bond acceptors (Lipinski definition) is 4. The number of amides is 1. The minimum absolute atomic E-state index is 0.0898. The molecule has 0 aliphatic heterocycles. The van der Waals surface area contributed by atoms with E-state index in [0.29, 0.717) is 11.8 Å². The highest BCUT2D eigenvalue weighted by Crippen LogP contribution is 2.15. The maximum atomic E-state index is 11.1. The molecule has 0 saturated carbocycles. The van der Waals surface area contributed by atoms with Crippen LogP contribution in [0.5, 0.6) is 0 Å². The van der Waals surface area contributed by atoms with Gasteiger partial charge in [0.15, 0.2) is 1.41 Å². The molecule has 0 radical (unpaired) electrons. The Balaban J connectivity index is 5.04. The quantitative estimate of drug-likeness (QED) is 0.597. The van der Waals surface area contributed by atoms with Crippen LogP contribution in [0.15, 0.2) is 0 Å². The lowest BCUT2D eigenvalue weighted by atomic mass is 10.3. The molecule has 0 heterocycles. The van der Waals surface area contributed by atoms with E-state index in [1.54, 1.807) is 0 Å². The zero-order valence-corrected chi connectivity index (χ0v) is 9.65. The second-order valence-corrected chi connectivity index (χ2v) is 4.30. The van der Waals surface area contributed by atoms with Crippen LogP contribution in [0, 0.1) is 0 Å². The molecule has 0 aromatic heterocycles. The maximum absolute atomic E-state index is 11.1. The Morgan fingerprint density at radius 3 is 2.50 bits per heavy atom. The first-order chi connectivity index (χ1) is 8.53. The molecule has 0 aliphatic rings. The zero-order valence-electron chi connectivity index (χ0n) is 11.8. The summed E-state index contributed by atoms with van der Waals surface area (Å²) in [5.41, 5.74) is -1.71. The van der Waals surface area contributed by atoms with Crippen molar-refractivity contribution >= 4 is 29.6 Å². The molecule has 0 spiro atoms. The summed E-state index contributed by atoms with van der Waals surface area (Å²) in [4.78, 5) is 32.6. The Morgan fingerprint density at radius 1 is 1.56 bits per heavy atom. The van der Waals surface area contributed by atoms with Crippen molar-refractivity contribution in [2.45, 2.75) is 31.5 Å². The van der Waals surface area contributed by atoms with Crippen LogP contribution in [-0.2, 0) is 14.4 Å². The van der Waals surface area contributed by atoms with Gasteiger partial charge in [-0.15, -0.1) is 0 Å². The molecule has 0 aromatic carbocycles. The zero-order chi connectivity index (χ0) is 15.4. The summed E-state index contributed by atoms with van der Waals surface area (Å²) >= 11 is 0.612. The highest BCUT2D eigenvalue weighted by Gasteiger charge is 2.20. The fourth-order valence-corrected chi connectivity index (χ4v) is 1.52. The lowest BCUT2D eigenvalue weighted by molar-refractivity contribution is -0.140. The van der Waals surface area contributed by atoms with E-state index < -0.39 is 34.8 Å². The van der Waals surface area contributed by atoms with Crippen molar-refractivity contribution in [1.82, 2.24) is 5.31 Å². The molecule has 0 aliphatic carbocycles. The minimum atomic E-state index is -2.79. The van der Waals surface area contributed by atoms with E-state index >= 15 is 0 Å². The molecule has 3 atom stereocenters. The summed E-state index contributed by atoms with van der Waals surface area (Å²) in [6.45, 7) is 2.38. The molecule has 7 heteroatoms. The average molecular weight is 252 g/mol. The number of carboxylic acids is 2. The van der Waals surface area contributed by atoms with Crippen molar-refractivity contribution in [1.29, 1.82) is 0 Å². The summed E-state index contributed by atoms with van der Waals surface area (Å²) in [5, 5.41) is 16.8. The highest BCUT2D eigenvalue weighted by molar-refractivity contribution is 7.99. The topological polar surface area (TPSA) is 104 Å². The normalized spacial score (nSPS) is 20.5. The van der Waals surface area contributed by atoms with Gasteiger partial charge in [0.1, 0.15) is 6.02 Å². The van der Waals surface area contributed by atoms with E-state index in [2.05, 4.69) is 0 Å². The van der Waals surface area contributed by atoms with Crippen molar-refractivity contribution in [3.8, 4) is 0 Å². The molecule has 0 bridgehead atoms. The molecule has 0 aromatic rings. The maximum Gasteiger partial charge on any atom is 0.327 e. The van der Waals surface area contributed by atoms with Crippen molar-refractivity contribution < 1.29 is 28.8 Å². The van der Waals surface area contributed by atoms with E-state index in [0.717, 1.165) is 6.92 Å². The SMILES string of the molecule is [2H]C(SC(C)CC(=O)O)[C@@]([2H])(C(=O)O)N([2H])C(C)=O. The van der Waals surface area contributed by atoms with E-state index in [4.69, 9.17) is 14.4 Å². The smallest absolute Gasteiger partial charge is 0.327 e. The first kappa shape index (κ1) is 9.95. The number of carboxylic acid groups (broad SMARTS) is 2. The molecule has 92 valence electrons. The van der Waals surface area contributed by atoms with E-state index in [9.17, 15) is 14.4 Å². The van der Waals surface area contributed by atoms with Gasteiger partial charge in [-0.25, -0.2) is 4.79 Å². The number of carbonyl (C=O) groups excluding carboxylic acids is 1. The molecule has 1 amide bonds. The van der Waals surface area contributed by atoms with E-state index in [1.165, 1.54) is 6.92 Å².